The molecule has 5 heterocycles. The first kappa shape index (κ1) is 118. The van der Waals surface area contributed by atoms with E-state index < -0.39 is 207 Å². The van der Waals surface area contributed by atoms with Gasteiger partial charge >= 0.3 is 25.9 Å². The Labute approximate surface area is 832 Å². The number of phenols is 1. The van der Waals surface area contributed by atoms with Gasteiger partial charge in [-0.2, -0.15) is 0 Å². The molecule has 5 aliphatic heterocycles. The number of aromatic hydroxyl groups is 1. The molecule has 0 radical (unpaired) electrons. The lowest BCUT2D eigenvalue weighted by atomic mass is 9.96. The van der Waals surface area contributed by atoms with Crippen LogP contribution in [-0.2, 0) is 101 Å². The van der Waals surface area contributed by atoms with Crippen LogP contribution >= 0.6 is 29.4 Å². The van der Waals surface area contributed by atoms with Gasteiger partial charge in [-0.3, -0.25) is 76.2 Å². The van der Waals surface area contributed by atoms with Crippen molar-refractivity contribution in [1.82, 2.24) is 51.5 Å². The number of nitrogens with one attached hydrogen (secondary N) is 8. The first-order valence-electron chi connectivity index (χ1n) is 51.4. The lowest BCUT2D eigenvalue weighted by molar-refractivity contribution is -0.161. The van der Waals surface area contributed by atoms with Gasteiger partial charge in [0.05, 0.1) is 39.6 Å². The Morgan fingerprint density at radius 1 is 0.529 bits per heavy atom. The molecule has 2 aromatic rings. The number of aliphatic hydroxyl groups is 1. The number of unbranched alkanes of at least 4 members (excludes halogenated alkanes) is 28. The molecule has 0 aliphatic carbocycles. The van der Waals surface area contributed by atoms with Gasteiger partial charge in [0.25, 0.3) is 10.9 Å². The van der Waals surface area contributed by atoms with Crippen LogP contribution in [0.2, 0.25) is 0 Å². The number of primary amides is 1. The number of alkyl carbamates (subject to hydrolysis) is 1. The number of amides is 11. The highest BCUT2D eigenvalue weighted by molar-refractivity contribution is 8.76. The number of nitrogens with two attached hydrogens (primary N) is 1. The molecule has 790 valence electrons. The van der Waals surface area contributed by atoms with Crippen molar-refractivity contribution in [3.63, 3.8) is 0 Å². The first-order chi connectivity index (χ1) is 67.4. The number of phosphoric ester groups is 1. The van der Waals surface area contributed by atoms with Crippen LogP contribution in [0.4, 0.5) is 16.2 Å². The van der Waals surface area contributed by atoms with Gasteiger partial charge in [0.2, 0.25) is 59.1 Å². The standard InChI is InChI=1S/C98H160N13O26PS2/c1-7-10-12-14-16-18-20-22-24-26-28-30-32-34-36-42-82(115)134-62-72(137-83(116)43-37-35-33-31-29-27-25-23-21-19-17-15-13-11-8-2)63-136-138(129,130)135-55-50-102-98(128)133-54-49-101-86-85(87(117)88(86)118)100-48-53-131-56-57-132-64-81(114)103-76-65-139-140-66-80(89(99)119)111-69(6)59-79(97(111)127)110-68(5)58-73(96(110)126)104-91(121)77-40-38-51-108(77)94(124)74(60-70-44-46-71(113)47-45-70)105-93(123)84(67(4)9-3)107-90(120)75(61-112)106-92(122)78-41-39-52-109(78)95(76)125/h44-47,67-69,72-80,84,100-101,112-113H,7-43,48-66H2,1-6H3,(H2,99,119)(H,102,128)(H,103,114)(H,104,121)(H,105,123)(H,106,122)(H,107,120)(H,129,130)/t67-,68?,69?,72?,73-,74-,75-,76-,77-,78-,79-,80-,84-/m0/s1. The highest BCUT2D eigenvalue weighted by Gasteiger charge is 2.53. The quantitative estimate of drug-likeness (QED) is 0.00732. The van der Waals surface area contributed by atoms with E-state index in [9.17, 15) is 91.6 Å². The molecule has 140 heavy (non-hydrogen) atoms. The van der Waals surface area contributed by atoms with Crippen molar-refractivity contribution in [3.8, 4) is 5.75 Å². The number of phosphoric acid groups is 1. The summed E-state index contributed by atoms with van der Waals surface area (Å²) in [5.41, 5.74) is 4.75. The van der Waals surface area contributed by atoms with Crippen LogP contribution in [-0.4, -0.2) is 288 Å². The van der Waals surface area contributed by atoms with Crippen LogP contribution in [0.25, 0.3) is 0 Å². The van der Waals surface area contributed by atoms with Gasteiger partial charge in [0.1, 0.15) is 91.3 Å². The minimum Gasteiger partial charge on any atom is -0.508 e. The number of fused-ring (bicyclic) bond motifs is 7. The SMILES string of the molecule is CCCCCCCCCCCCCCCCCC(=O)OCC(COP(=O)(O)OCCNC(=O)OCCNc1c(NCCOCCOCC(=O)N[C@H]2CSSC[C@@H](C(N)=O)N3C(=O)[C@H](CC3C)N3C(=O)[C@H](CC3C)NC(=O)[C@@H]3CCCN3C(=O)[C@H](Cc3ccc(O)cc3)NC(=O)[C@H]([C@@H](C)CC)NC(=O)[C@H](CO)NC(=O)[C@@H]3CCCN3C2=O)c(=O)c1=O)OC(=O)CCCCCCCCCCCCCCCCC. The number of aliphatic hydroxyl groups excluding tert-OH is 1. The van der Waals surface area contributed by atoms with Crippen LogP contribution < -0.4 is 59.1 Å². The molecule has 5 saturated heterocycles. The largest absolute Gasteiger partial charge is 0.508 e. The molecule has 4 unspecified atom stereocenters. The van der Waals surface area contributed by atoms with Crippen LogP contribution in [0.15, 0.2) is 33.9 Å². The zero-order valence-corrected chi connectivity index (χ0v) is 85.8. The van der Waals surface area contributed by atoms with E-state index >= 15 is 0 Å². The third-order valence-electron chi connectivity index (χ3n) is 26.4. The highest BCUT2D eigenvalue weighted by atomic mass is 33.1. The van der Waals surface area contributed by atoms with Gasteiger partial charge in [-0.1, -0.05) is 248 Å². The summed E-state index contributed by atoms with van der Waals surface area (Å²) in [6, 6.07) is -6.89. The number of nitrogens with zero attached hydrogens (tertiary/aromatic N) is 4. The summed E-state index contributed by atoms with van der Waals surface area (Å²) in [6.45, 7) is 7.27. The smallest absolute Gasteiger partial charge is 0.472 e. The number of benzene rings is 1. The number of carbonyl (C=O) groups is 13. The molecule has 2 aromatic carbocycles. The first-order valence-corrected chi connectivity index (χ1v) is 55.4. The molecule has 11 amide bonds. The lowest BCUT2D eigenvalue weighted by Crippen LogP contribution is -2.61. The summed E-state index contributed by atoms with van der Waals surface area (Å²) in [7, 11) is -2.72. The minimum absolute atomic E-state index is 0.00363. The van der Waals surface area contributed by atoms with Crippen molar-refractivity contribution in [2.45, 2.75) is 371 Å². The number of phenolic OH excluding ortho intramolecular Hbond substituents is 1. The average Bonchev–Trinajstić information content (AvgIpc) is 1.60. The Morgan fingerprint density at radius 2 is 1.04 bits per heavy atom. The fraction of sp³-hybridized carbons (Fsp3) is 0.765. The summed E-state index contributed by atoms with van der Waals surface area (Å²) in [5.74, 6) is -9.56. The molecule has 39 nitrogen and oxygen atoms in total. The van der Waals surface area contributed by atoms with Crippen molar-refractivity contribution in [2.24, 2.45) is 11.7 Å². The number of anilines is 2. The Morgan fingerprint density at radius 3 is 1.59 bits per heavy atom. The van der Waals surface area contributed by atoms with Gasteiger partial charge in [0, 0.05) is 75.6 Å². The molecule has 0 spiro atoms. The second-order valence-corrected chi connectivity index (χ2v) is 41.6. The molecule has 13 N–H and O–H groups in total. The van der Waals surface area contributed by atoms with E-state index in [-0.39, 0.29) is 139 Å². The van der Waals surface area contributed by atoms with E-state index in [0.29, 0.717) is 31.2 Å². The summed E-state index contributed by atoms with van der Waals surface area (Å²) in [5, 5.41) is 42.3. The summed E-state index contributed by atoms with van der Waals surface area (Å²) < 4.78 is 50.8. The molecule has 7 rings (SSSR count). The second-order valence-electron chi connectivity index (χ2n) is 37.6. The molecule has 0 aromatic heterocycles. The van der Waals surface area contributed by atoms with Gasteiger partial charge < -0.3 is 107 Å². The Balaban J connectivity index is 0.855. The molecular weight excluding hydrogens is 1870 g/mol. The number of ether oxygens (including phenoxy) is 5. The minimum atomic E-state index is -4.82. The zero-order valence-electron chi connectivity index (χ0n) is 83.3. The summed E-state index contributed by atoms with van der Waals surface area (Å²) >= 11 is 0. The van der Waals surface area contributed by atoms with Crippen molar-refractivity contribution in [3.05, 3.63) is 50.3 Å². The molecular formula is C98H160N13O26PS2. The van der Waals surface area contributed by atoms with E-state index in [1.165, 1.54) is 160 Å². The monoisotopic (exact) mass is 2030 g/mol. The summed E-state index contributed by atoms with van der Waals surface area (Å²) in [6.07, 6.45) is 34.5. The highest BCUT2D eigenvalue weighted by Crippen LogP contribution is 2.43. The molecule has 5 aliphatic rings. The number of carbonyl (C=O) groups excluding carboxylic acids is 13. The van der Waals surface area contributed by atoms with E-state index in [2.05, 4.69) is 56.4 Å². The average molecular weight is 2030 g/mol. The Bertz CT molecular complexity index is 4310. The van der Waals surface area contributed by atoms with Gasteiger partial charge in [0.15, 0.2) is 6.10 Å². The fourth-order valence-corrected chi connectivity index (χ4v) is 21.4. The van der Waals surface area contributed by atoms with Gasteiger partial charge in [-0.15, -0.1) is 0 Å². The predicted molar refractivity (Wildman–Crippen MR) is 532 cm³/mol. The lowest BCUT2D eigenvalue weighted by Gasteiger charge is -2.32. The van der Waals surface area contributed by atoms with Gasteiger partial charge in [-0.05, 0) is 88.8 Å². The van der Waals surface area contributed by atoms with Crippen molar-refractivity contribution < 1.29 is 115 Å². The topological polar surface area (TPSA) is 534 Å². The van der Waals surface area contributed by atoms with Crippen LogP contribution in [0.5, 0.6) is 5.75 Å². The third kappa shape index (κ3) is 41.2. The van der Waals surface area contributed by atoms with Gasteiger partial charge in [-0.25, -0.2) is 9.36 Å². The van der Waals surface area contributed by atoms with E-state index in [1.54, 1.807) is 39.8 Å². The van der Waals surface area contributed by atoms with Crippen molar-refractivity contribution in [2.75, 3.05) is 114 Å². The maximum absolute atomic E-state index is 14.9. The van der Waals surface area contributed by atoms with Crippen LogP contribution in [0, 0.1) is 5.92 Å². The van der Waals surface area contributed by atoms with E-state index in [4.69, 9.17) is 38.5 Å². The maximum atomic E-state index is 14.9. The number of hydrogen-bond acceptors (Lipinski definition) is 29. The van der Waals surface area contributed by atoms with Crippen LogP contribution in [0.1, 0.15) is 298 Å². The molecule has 14 atom stereocenters. The predicted octanol–water partition coefficient (Wildman–Crippen LogP) is 9.23. The second kappa shape index (κ2) is 65.5. The zero-order chi connectivity index (χ0) is 102. The van der Waals surface area contributed by atoms with Crippen LogP contribution in [0.3, 0.4) is 0 Å². The number of hydrogen-bond donors (Lipinski definition) is 12. The normalized spacial score (nSPS) is 22.3. The Hall–Kier alpha value is -8.70. The molecule has 42 heteroatoms. The number of esters is 2. The third-order valence-corrected chi connectivity index (χ3v) is 29.8. The fourth-order valence-electron chi connectivity index (χ4n) is 18.3. The molecule has 0 saturated carbocycles. The van der Waals surface area contributed by atoms with E-state index in [1.807, 2.05) is 0 Å². The maximum Gasteiger partial charge on any atom is 0.472 e. The Kier molecular flexibility index (Phi) is 55.4. The molecule has 4 bridgehead atoms. The van der Waals surface area contributed by atoms with Crippen molar-refractivity contribution >= 4 is 118 Å². The number of rotatable bonds is 62. The summed E-state index contributed by atoms with van der Waals surface area (Å²) in [4.78, 5) is 223. The molecule has 5 fully saturated rings. The van der Waals surface area contributed by atoms with E-state index in [0.717, 1.165) is 73.0 Å². The van der Waals surface area contributed by atoms with Crippen molar-refractivity contribution in [1.29, 1.82) is 0 Å².